The summed E-state index contributed by atoms with van der Waals surface area (Å²) in [4.78, 5) is 12.7. The molecule has 0 saturated heterocycles. The molecule has 0 unspecified atom stereocenters. The SMILES string of the molecule is CC(C)=C[C@H]1[C@H](C(=O)Nc2cc(-c3nnco3)ccc2C)C1(C)C. The van der Waals surface area contributed by atoms with Gasteiger partial charge in [-0.2, -0.15) is 0 Å². The van der Waals surface area contributed by atoms with Crippen molar-refractivity contribution in [3.8, 4) is 11.5 Å². The van der Waals surface area contributed by atoms with Crippen molar-refractivity contribution in [2.75, 3.05) is 5.32 Å². The van der Waals surface area contributed by atoms with Gasteiger partial charge in [-0.1, -0.05) is 31.6 Å². The van der Waals surface area contributed by atoms with Crippen molar-refractivity contribution in [3.63, 3.8) is 0 Å². The zero-order valence-corrected chi connectivity index (χ0v) is 14.8. The maximum Gasteiger partial charge on any atom is 0.247 e. The highest BCUT2D eigenvalue weighted by Gasteiger charge is 2.60. The summed E-state index contributed by atoms with van der Waals surface area (Å²) in [5.74, 6) is 0.800. The molecule has 1 aliphatic carbocycles. The Morgan fingerprint density at radius 2 is 2.08 bits per heavy atom. The van der Waals surface area contributed by atoms with Crippen molar-refractivity contribution in [1.29, 1.82) is 0 Å². The number of benzene rings is 1. The van der Waals surface area contributed by atoms with E-state index in [4.69, 9.17) is 4.42 Å². The average molecular weight is 325 g/mol. The van der Waals surface area contributed by atoms with Crippen LogP contribution in [0.5, 0.6) is 0 Å². The van der Waals surface area contributed by atoms with Gasteiger partial charge in [-0.25, -0.2) is 0 Å². The summed E-state index contributed by atoms with van der Waals surface area (Å²) in [5, 5.41) is 10.7. The van der Waals surface area contributed by atoms with E-state index in [1.165, 1.54) is 12.0 Å². The van der Waals surface area contributed by atoms with Gasteiger partial charge >= 0.3 is 0 Å². The Morgan fingerprint density at radius 3 is 2.71 bits per heavy atom. The van der Waals surface area contributed by atoms with Crippen LogP contribution in [-0.4, -0.2) is 16.1 Å². The Hall–Kier alpha value is -2.43. The molecule has 1 N–H and O–H groups in total. The van der Waals surface area contributed by atoms with Crippen molar-refractivity contribution in [1.82, 2.24) is 10.2 Å². The van der Waals surface area contributed by atoms with E-state index in [0.29, 0.717) is 11.8 Å². The van der Waals surface area contributed by atoms with E-state index in [0.717, 1.165) is 16.8 Å². The van der Waals surface area contributed by atoms with Crippen molar-refractivity contribution in [3.05, 3.63) is 41.8 Å². The number of allylic oxidation sites excluding steroid dienone is 2. The van der Waals surface area contributed by atoms with Crippen LogP contribution in [0.25, 0.3) is 11.5 Å². The van der Waals surface area contributed by atoms with Gasteiger partial charge in [0, 0.05) is 11.3 Å². The van der Waals surface area contributed by atoms with Gasteiger partial charge in [0.1, 0.15) is 0 Å². The number of hydrogen-bond donors (Lipinski definition) is 1. The van der Waals surface area contributed by atoms with E-state index in [-0.39, 0.29) is 17.2 Å². The number of carbonyl (C=O) groups excluding carboxylic acids is 1. The predicted octanol–water partition coefficient (Wildman–Crippen LogP) is 4.22. The molecule has 1 heterocycles. The fraction of sp³-hybridized carbons (Fsp3) is 0.421. The Labute approximate surface area is 142 Å². The lowest BCUT2D eigenvalue weighted by Crippen LogP contribution is -2.17. The van der Waals surface area contributed by atoms with Crippen LogP contribution in [0, 0.1) is 24.2 Å². The Bertz CT molecular complexity index is 787. The third-order valence-electron chi connectivity index (χ3n) is 4.81. The molecule has 126 valence electrons. The number of carbonyl (C=O) groups is 1. The molecule has 1 amide bonds. The van der Waals surface area contributed by atoms with Gasteiger partial charge in [0.25, 0.3) is 0 Å². The molecule has 24 heavy (non-hydrogen) atoms. The number of hydrogen-bond acceptors (Lipinski definition) is 4. The molecule has 3 rings (SSSR count). The van der Waals surface area contributed by atoms with E-state index >= 15 is 0 Å². The van der Waals surface area contributed by atoms with Gasteiger partial charge in [0.05, 0.1) is 5.92 Å². The monoisotopic (exact) mass is 325 g/mol. The highest BCUT2D eigenvalue weighted by molar-refractivity contribution is 5.96. The number of nitrogens with zero attached hydrogens (tertiary/aromatic N) is 2. The van der Waals surface area contributed by atoms with Crippen LogP contribution in [0.2, 0.25) is 0 Å². The van der Waals surface area contributed by atoms with Crippen LogP contribution < -0.4 is 5.32 Å². The number of aromatic nitrogens is 2. The van der Waals surface area contributed by atoms with E-state index in [9.17, 15) is 4.79 Å². The van der Waals surface area contributed by atoms with E-state index in [1.54, 1.807) is 0 Å². The molecule has 1 aromatic heterocycles. The van der Waals surface area contributed by atoms with Crippen LogP contribution in [0.4, 0.5) is 5.69 Å². The molecule has 5 nitrogen and oxygen atoms in total. The van der Waals surface area contributed by atoms with Gasteiger partial charge in [0.2, 0.25) is 18.2 Å². The first kappa shape index (κ1) is 16.4. The number of aryl methyl sites for hydroxylation is 1. The minimum Gasteiger partial charge on any atom is -0.423 e. The molecule has 1 aliphatic rings. The molecule has 2 atom stereocenters. The minimum atomic E-state index is -0.00106. The minimum absolute atomic E-state index is 0.000640. The Morgan fingerprint density at radius 1 is 1.33 bits per heavy atom. The highest BCUT2D eigenvalue weighted by Crippen LogP contribution is 2.59. The van der Waals surface area contributed by atoms with Gasteiger partial charge in [-0.3, -0.25) is 4.79 Å². The first-order valence-electron chi connectivity index (χ1n) is 8.14. The maximum atomic E-state index is 12.7. The molecule has 0 radical (unpaired) electrons. The normalized spacial score (nSPS) is 21.2. The third-order valence-corrected chi connectivity index (χ3v) is 4.81. The molecule has 5 heteroatoms. The van der Waals surface area contributed by atoms with E-state index in [1.807, 2.05) is 25.1 Å². The summed E-state index contributed by atoms with van der Waals surface area (Å²) in [6.07, 6.45) is 3.50. The summed E-state index contributed by atoms with van der Waals surface area (Å²) in [5.41, 5.74) is 3.83. The van der Waals surface area contributed by atoms with E-state index < -0.39 is 0 Å². The second kappa shape index (κ2) is 5.89. The lowest BCUT2D eigenvalue weighted by molar-refractivity contribution is -0.118. The second-order valence-electron chi connectivity index (χ2n) is 7.33. The second-order valence-corrected chi connectivity index (χ2v) is 7.33. The molecular weight excluding hydrogens is 302 g/mol. The summed E-state index contributed by atoms with van der Waals surface area (Å²) in [6.45, 7) is 10.4. The molecule has 1 aromatic carbocycles. The van der Waals surface area contributed by atoms with Crippen molar-refractivity contribution < 1.29 is 9.21 Å². The third kappa shape index (κ3) is 2.98. The molecule has 0 spiro atoms. The molecular formula is C19H23N3O2. The fourth-order valence-corrected chi connectivity index (χ4v) is 3.25. The number of rotatable bonds is 4. The standard InChI is InChI=1S/C19H23N3O2/c1-11(2)8-14-16(19(14,4)5)17(23)21-15-9-13(7-6-12(15)3)18-22-20-10-24-18/h6-10,14,16H,1-5H3,(H,21,23)/t14-,16+/m0/s1. The molecule has 0 bridgehead atoms. The van der Waals surface area contributed by atoms with Gasteiger partial charge in [-0.15, -0.1) is 10.2 Å². The smallest absolute Gasteiger partial charge is 0.247 e. The van der Waals surface area contributed by atoms with Crippen LogP contribution >= 0.6 is 0 Å². The fourth-order valence-electron chi connectivity index (χ4n) is 3.25. The van der Waals surface area contributed by atoms with Crippen LogP contribution in [0.1, 0.15) is 33.3 Å². The molecule has 1 fully saturated rings. The summed E-state index contributed by atoms with van der Waals surface area (Å²) >= 11 is 0. The zero-order valence-electron chi connectivity index (χ0n) is 14.8. The molecule has 1 saturated carbocycles. The first-order chi connectivity index (χ1) is 11.3. The van der Waals surface area contributed by atoms with Crippen molar-refractivity contribution in [2.45, 2.75) is 34.6 Å². The maximum absolute atomic E-state index is 12.7. The first-order valence-corrected chi connectivity index (χ1v) is 8.14. The van der Waals surface area contributed by atoms with E-state index in [2.05, 4.69) is 49.3 Å². The summed E-state index contributed by atoms with van der Waals surface area (Å²) < 4.78 is 5.23. The highest BCUT2D eigenvalue weighted by atomic mass is 16.4. The lowest BCUT2D eigenvalue weighted by atomic mass is 10.1. The average Bonchev–Trinajstić information content (AvgIpc) is 2.90. The van der Waals surface area contributed by atoms with Crippen molar-refractivity contribution in [2.24, 2.45) is 17.3 Å². The number of amides is 1. The number of nitrogens with one attached hydrogen (secondary N) is 1. The largest absolute Gasteiger partial charge is 0.423 e. The van der Waals surface area contributed by atoms with Crippen LogP contribution in [-0.2, 0) is 4.79 Å². The quantitative estimate of drug-likeness (QED) is 0.855. The number of anilines is 1. The van der Waals surface area contributed by atoms with Gasteiger partial charge in [0.15, 0.2) is 0 Å². The summed E-state index contributed by atoms with van der Waals surface area (Å²) in [7, 11) is 0. The van der Waals surface area contributed by atoms with Gasteiger partial charge in [-0.05, 0) is 49.8 Å². The zero-order chi connectivity index (χ0) is 17.5. The molecule has 0 aliphatic heterocycles. The van der Waals surface area contributed by atoms with Crippen LogP contribution in [0.15, 0.2) is 40.7 Å². The Kier molecular flexibility index (Phi) is 4.03. The summed E-state index contributed by atoms with van der Waals surface area (Å²) in [6, 6.07) is 5.73. The molecule has 2 aromatic rings. The lowest BCUT2D eigenvalue weighted by Gasteiger charge is -2.10. The van der Waals surface area contributed by atoms with Gasteiger partial charge < -0.3 is 9.73 Å². The topological polar surface area (TPSA) is 68.0 Å². The van der Waals surface area contributed by atoms with Crippen LogP contribution in [0.3, 0.4) is 0 Å². The van der Waals surface area contributed by atoms with Crippen molar-refractivity contribution >= 4 is 11.6 Å². The Balaban J connectivity index is 1.80. The predicted molar refractivity (Wildman–Crippen MR) is 93.3 cm³/mol.